The van der Waals surface area contributed by atoms with Crippen LogP contribution in [0.25, 0.3) is 0 Å². The van der Waals surface area contributed by atoms with Gasteiger partial charge in [0.2, 0.25) is 0 Å². The van der Waals surface area contributed by atoms with Gasteiger partial charge in [0.25, 0.3) is 0 Å². The van der Waals surface area contributed by atoms with Crippen LogP contribution in [0.4, 0.5) is 0 Å². The van der Waals surface area contributed by atoms with Gasteiger partial charge in [-0.1, -0.05) is 41.9 Å². The molecule has 0 fully saturated rings. The van der Waals surface area contributed by atoms with Crippen LogP contribution in [-0.2, 0) is 6.42 Å². The number of rotatable bonds is 3. The van der Waals surface area contributed by atoms with Crippen molar-refractivity contribution < 1.29 is 0 Å². The molecule has 0 saturated heterocycles. The van der Waals surface area contributed by atoms with E-state index in [4.69, 9.17) is 23.2 Å². The van der Waals surface area contributed by atoms with E-state index in [1.165, 1.54) is 20.3 Å². The topological polar surface area (TPSA) is 0 Å². The zero-order valence-corrected chi connectivity index (χ0v) is 13.6. The highest BCUT2D eigenvalue weighted by Gasteiger charge is 2.13. The monoisotopic (exact) mass is 390 g/mol. The highest BCUT2D eigenvalue weighted by molar-refractivity contribution is 14.1. The smallest absolute Gasteiger partial charge is 0.0636 e. The summed E-state index contributed by atoms with van der Waals surface area (Å²) >= 11 is 14.8. The van der Waals surface area contributed by atoms with Gasteiger partial charge in [-0.25, -0.2) is 0 Å². The lowest BCUT2D eigenvalue weighted by Gasteiger charge is -2.13. The fraction of sp³-hybridized carbons (Fsp3) is 0.200. The van der Waals surface area contributed by atoms with Crippen molar-refractivity contribution in [1.82, 2.24) is 0 Å². The van der Waals surface area contributed by atoms with Gasteiger partial charge in [0.15, 0.2) is 0 Å². The molecule has 1 atom stereocenters. The summed E-state index contributed by atoms with van der Waals surface area (Å²) < 4.78 is 1.25. The molecule has 2 aromatic rings. The molecule has 0 N–H and O–H groups in total. The number of halogens is 3. The fourth-order valence-corrected chi connectivity index (χ4v) is 3.25. The van der Waals surface area contributed by atoms with E-state index in [2.05, 4.69) is 47.7 Å². The number of benzene rings is 2. The van der Waals surface area contributed by atoms with Crippen LogP contribution in [-0.4, -0.2) is 0 Å². The van der Waals surface area contributed by atoms with Crippen LogP contribution in [0, 0.1) is 10.5 Å². The Morgan fingerprint density at radius 3 is 2.44 bits per heavy atom. The first-order valence-corrected chi connectivity index (χ1v) is 7.61. The summed E-state index contributed by atoms with van der Waals surface area (Å²) in [5.74, 6) is 0. The largest absolute Gasteiger partial charge is 0.117 e. The Labute approximate surface area is 131 Å². The summed E-state index contributed by atoms with van der Waals surface area (Å²) in [6.07, 6.45) is 0.818. The highest BCUT2D eigenvalue weighted by atomic mass is 127. The first-order chi connectivity index (χ1) is 8.58. The number of alkyl halides is 1. The van der Waals surface area contributed by atoms with E-state index < -0.39 is 0 Å². The van der Waals surface area contributed by atoms with Gasteiger partial charge >= 0.3 is 0 Å². The summed E-state index contributed by atoms with van der Waals surface area (Å²) in [6, 6.07) is 14.1. The van der Waals surface area contributed by atoms with Crippen molar-refractivity contribution >= 4 is 45.8 Å². The summed E-state index contributed by atoms with van der Waals surface area (Å²) in [6.45, 7) is 2.11. The maximum Gasteiger partial charge on any atom is 0.0636 e. The summed E-state index contributed by atoms with van der Waals surface area (Å²) in [5.41, 5.74) is 3.68. The molecule has 3 heteroatoms. The average molecular weight is 391 g/mol. The second kappa shape index (κ2) is 6.27. The Bertz CT molecular complexity index is 535. The lowest BCUT2D eigenvalue weighted by Crippen LogP contribution is -1.99. The molecule has 0 aliphatic rings. The van der Waals surface area contributed by atoms with Crippen molar-refractivity contribution in [3.63, 3.8) is 0 Å². The van der Waals surface area contributed by atoms with Crippen molar-refractivity contribution in [2.45, 2.75) is 18.7 Å². The Morgan fingerprint density at radius 1 is 1.11 bits per heavy atom. The van der Waals surface area contributed by atoms with Crippen LogP contribution in [0.5, 0.6) is 0 Å². The van der Waals surface area contributed by atoms with E-state index in [-0.39, 0.29) is 5.38 Å². The van der Waals surface area contributed by atoms with Crippen LogP contribution in [0.15, 0.2) is 42.5 Å². The minimum Gasteiger partial charge on any atom is -0.117 e. The lowest BCUT2D eigenvalue weighted by atomic mass is 10.0. The summed E-state index contributed by atoms with van der Waals surface area (Å²) in [7, 11) is 0. The third kappa shape index (κ3) is 3.40. The standard InChI is InChI=1S/C15H13Cl2I/c1-10-3-2-4-13(15(10)18)14(17)9-11-5-7-12(16)8-6-11/h2-8,14H,9H2,1H3. The van der Waals surface area contributed by atoms with Gasteiger partial charge in [0.05, 0.1) is 5.38 Å². The molecule has 0 spiro atoms. The van der Waals surface area contributed by atoms with Gasteiger partial charge in [0, 0.05) is 8.59 Å². The molecule has 2 aromatic carbocycles. The highest BCUT2D eigenvalue weighted by Crippen LogP contribution is 2.30. The Hall–Kier alpha value is -0.250. The minimum absolute atomic E-state index is 0.00187. The normalized spacial score (nSPS) is 12.4. The van der Waals surface area contributed by atoms with Crippen LogP contribution in [0.2, 0.25) is 5.02 Å². The Kier molecular flexibility index (Phi) is 4.93. The molecule has 94 valence electrons. The van der Waals surface area contributed by atoms with Gasteiger partial charge in [-0.3, -0.25) is 0 Å². The molecule has 0 bridgehead atoms. The third-order valence-corrected chi connectivity index (χ3v) is 5.00. The molecule has 0 nitrogen and oxygen atoms in total. The van der Waals surface area contributed by atoms with E-state index in [0.29, 0.717) is 0 Å². The molecule has 0 aromatic heterocycles. The van der Waals surface area contributed by atoms with Gasteiger partial charge in [-0.05, 0) is 64.8 Å². The van der Waals surface area contributed by atoms with Crippen LogP contribution in [0.1, 0.15) is 22.1 Å². The van der Waals surface area contributed by atoms with E-state index >= 15 is 0 Å². The molecule has 0 amide bonds. The van der Waals surface area contributed by atoms with Crippen molar-refractivity contribution in [3.8, 4) is 0 Å². The number of aryl methyl sites for hydroxylation is 1. The van der Waals surface area contributed by atoms with Crippen LogP contribution >= 0.6 is 45.8 Å². The molecule has 0 aliphatic heterocycles. The third-order valence-electron chi connectivity index (χ3n) is 2.89. The summed E-state index contributed by atoms with van der Waals surface area (Å²) in [5, 5.41) is 0.757. The number of hydrogen-bond donors (Lipinski definition) is 0. The maximum atomic E-state index is 6.52. The quantitative estimate of drug-likeness (QED) is 0.460. The van der Waals surface area contributed by atoms with Gasteiger partial charge in [-0.15, -0.1) is 11.6 Å². The first kappa shape index (κ1) is 14.2. The molecule has 0 heterocycles. The van der Waals surface area contributed by atoms with Gasteiger partial charge in [0.1, 0.15) is 0 Å². The Morgan fingerprint density at radius 2 is 1.78 bits per heavy atom. The van der Waals surface area contributed by atoms with E-state index in [1.807, 2.05) is 24.3 Å². The summed E-state index contributed by atoms with van der Waals surface area (Å²) in [4.78, 5) is 0. The van der Waals surface area contributed by atoms with Gasteiger partial charge in [-0.2, -0.15) is 0 Å². The van der Waals surface area contributed by atoms with E-state index in [9.17, 15) is 0 Å². The minimum atomic E-state index is -0.00187. The SMILES string of the molecule is Cc1cccc(C(Cl)Cc2ccc(Cl)cc2)c1I. The van der Waals surface area contributed by atoms with Crippen LogP contribution < -0.4 is 0 Å². The van der Waals surface area contributed by atoms with Gasteiger partial charge < -0.3 is 0 Å². The molecule has 18 heavy (non-hydrogen) atoms. The molecule has 1 unspecified atom stereocenters. The van der Waals surface area contributed by atoms with Crippen molar-refractivity contribution in [2.24, 2.45) is 0 Å². The van der Waals surface area contributed by atoms with Crippen molar-refractivity contribution in [2.75, 3.05) is 0 Å². The van der Waals surface area contributed by atoms with E-state index in [0.717, 1.165) is 11.4 Å². The first-order valence-electron chi connectivity index (χ1n) is 5.71. The molecular weight excluding hydrogens is 378 g/mol. The van der Waals surface area contributed by atoms with Crippen LogP contribution in [0.3, 0.4) is 0 Å². The predicted octanol–water partition coefficient (Wildman–Crippen LogP) is 5.78. The number of hydrogen-bond acceptors (Lipinski definition) is 0. The van der Waals surface area contributed by atoms with Crippen molar-refractivity contribution in [1.29, 1.82) is 0 Å². The second-order valence-electron chi connectivity index (χ2n) is 4.28. The average Bonchev–Trinajstić information content (AvgIpc) is 2.35. The Balaban J connectivity index is 2.19. The van der Waals surface area contributed by atoms with Crippen molar-refractivity contribution in [3.05, 3.63) is 67.7 Å². The molecule has 0 saturated carbocycles. The molecule has 0 radical (unpaired) electrons. The lowest BCUT2D eigenvalue weighted by molar-refractivity contribution is 0.911. The zero-order valence-electron chi connectivity index (χ0n) is 9.96. The predicted molar refractivity (Wildman–Crippen MR) is 87.6 cm³/mol. The van der Waals surface area contributed by atoms with E-state index in [1.54, 1.807) is 0 Å². The zero-order chi connectivity index (χ0) is 13.1. The maximum absolute atomic E-state index is 6.52. The molecule has 0 aliphatic carbocycles. The fourth-order valence-electron chi connectivity index (χ4n) is 1.85. The molecule has 2 rings (SSSR count). The second-order valence-corrected chi connectivity index (χ2v) is 6.32. The molecular formula is C15H13Cl2I.